The number of hydrogen-bond donors (Lipinski definition) is 2. The van der Waals surface area contributed by atoms with Gasteiger partial charge in [-0.3, -0.25) is 14.5 Å². The minimum atomic E-state index is -0.219. The Balaban J connectivity index is 1.28. The van der Waals surface area contributed by atoms with Crippen molar-refractivity contribution in [2.24, 2.45) is 5.92 Å². The van der Waals surface area contributed by atoms with Gasteiger partial charge < -0.3 is 29.4 Å². The van der Waals surface area contributed by atoms with E-state index in [2.05, 4.69) is 25.7 Å². The molecule has 2 aromatic carbocycles. The number of hydrogen-bond acceptors (Lipinski definition) is 9. The van der Waals surface area contributed by atoms with Crippen LogP contribution in [0.2, 0.25) is 0 Å². The highest BCUT2D eigenvalue weighted by Gasteiger charge is 2.27. The molecule has 1 aliphatic heterocycles. The molecular formula is C28H35N5O6. The van der Waals surface area contributed by atoms with Gasteiger partial charge in [-0.1, -0.05) is 17.3 Å². The number of ether oxygens (including phenoxy) is 3. The number of benzene rings is 2. The number of likely N-dealkylation sites (tertiary alicyclic amines) is 1. The van der Waals surface area contributed by atoms with Crippen LogP contribution < -0.4 is 20.1 Å². The number of rotatable bonds is 12. The summed E-state index contributed by atoms with van der Waals surface area (Å²) in [5.74, 6) is 1.75. The first-order chi connectivity index (χ1) is 19.0. The van der Waals surface area contributed by atoms with E-state index in [-0.39, 0.29) is 17.7 Å². The Labute approximate surface area is 227 Å². The van der Waals surface area contributed by atoms with Gasteiger partial charge in [-0.05, 0) is 62.7 Å². The molecule has 11 nitrogen and oxygen atoms in total. The third kappa shape index (κ3) is 7.33. The van der Waals surface area contributed by atoms with Crippen molar-refractivity contribution in [3.05, 3.63) is 53.9 Å². The third-order valence-electron chi connectivity index (χ3n) is 6.67. The highest BCUT2D eigenvalue weighted by molar-refractivity contribution is 6.04. The van der Waals surface area contributed by atoms with Gasteiger partial charge in [-0.25, -0.2) is 0 Å². The number of aromatic nitrogens is 2. The van der Waals surface area contributed by atoms with E-state index in [1.807, 2.05) is 6.07 Å². The van der Waals surface area contributed by atoms with Gasteiger partial charge in [-0.2, -0.15) is 4.98 Å². The molecule has 0 spiro atoms. The van der Waals surface area contributed by atoms with E-state index < -0.39 is 0 Å². The average molecular weight is 538 g/mol. The first-order valence-electron chi connectivity index (χ1n) is 13.0. The number of nitrogens with zero attached hydrogens (tertiary/aromatic N) is 3. The van der Waals surface area contributed by atoms with Crippen molar-refractivity contribution in [3.63, 3.8) is 0 Å². The van der Waals surface area contributed by atoms with Crippen molar-refractivity contribution in [3.8, 4) is 22.9 Å². The molecule has 1 aliphatic rings. The van der Waals surface area contributed by atoms with E-state index in [4.69, 9.17) is 18.7 Å². The zero-order chi connectivity index (χ0) is 27.6. The van der Waals surface area contributed by atoms with Gasteiger partial charge in [0.15, 0.2) is 11.5 Å². The lowest BCUT2D eigenvalue weighted by Crippen LogP contribution is -2.38. The second kappa shape index (κ2) is 13.7. The van der Waals surface area contributed by atoms with Gasteiger partial charge in [-0.15, -0.1) is 0 Å². The van der Waals surface area contributed by atoms with Crippen molar-refractivity contribution in [2.75, 3.05) is 52.9 Å². The second-order valence-corrected chi connectivity index (χ2v) is 9.27. The normalized spacial score (nSPS) is 14.1. The number of anilines is 1. The van der Waals surface area contributed by atoms with Gasteiger partial charge in [0, 0.05) is 31.7 Å². The summed E-state index contributed by atoms with van der Waals surface area (Å²) in [7, 11) is 4.79. The van der Waals surface area contributed by atoms with E-state index in [0.29, 0.717) is 80.1 Å². The molecule has 1 saturated heterocycles. The lowest BCUT2D eigenvalue weighted by atomic mass is 9.95. The molecule has 0 saturated carbocycles. The molecule has 208 valence electrons. The van der Waals surface area contributed by atoms with Crippen LogP contribution in [0.5, 0.6) is 11.5 Å². The van der Waals surface area contributed by atoms with E-state index in [9.17, 15) is 9.59 Å². The Bertz CT molecular complexity index is 1250. The number of carbonyl (C=O) groups is 2. The van der Waals surface area contributed by atoms with Crippen LogP contribution in [-0.2, 0) is 16.1 Å². The predicted octanol–water partition coefficient (Wildman–Crippen LogP) is 3.37. The van der Waals surface area contributed by atoms with Crippen LogP contribution in [0.1, 0.15) is 35.5 Å². The molecule has 2 amide bonds. The summed E-state index contributed by atoms with van der Waals surface area (Å²) in [6, 6.07) is 12.5. The molecule has 39 heavy (non-hydrogen) atoms. The molecule has 0 aliphatic carbocycles. The Hall–Kier alpha value is -3.96. The van der Waals surface area contributed by atoms with Crippen molar-refractivity contribution >= 4 is 17.5 Å². The summed E-state index contributed by atoms with van der Waals surface area (Å²) in [5, 5.41) is 9.94. The maximum absolute atomic E-state index is 13.0. The van der Waals surface area contributed by atoms with Crippen molar-refractivity contribution < 1.29 is 28.3 Å². The molecule has 1 fully saturated rings. The van der Waals surface area contributed by atoms with Crippen molar-refractivity contribution in [1.82, 2.24) is 20.4 Å². The number of carbonyl (C=O) groups excluding carboxylic acids is 2. The third-order valence-corrected chi connectivity index (χ3v) is 6.67. The highest BCUT2D eigenvalue weighted by Crippen LogP contribution is 2.31. The number of nitrogens with one attached hydrogen (secondary N) is 2. The lowest BCUT2D eigenvalue weighted by molar-refractivity contribution is -0.121. The van der Waals surface area contributed by atoms with Gasteiger partial charge in [0.05, 0.1) is 32.0 Å². The average Bonchev–Trinajstić information content (AvgIpc) is 3.44. The molecular weight excluding hydrogens is 502 g/mol. The van der Waals surface area contributed by atoms with E-state index >= 15 is 0 Å². The maximum Gasteiger partial charge on any atom is 0.253 e. The van der Waals surface area contributed by atoms with Crippen LogP contribution in [0.3, 0.4) is 0 Å². The van der Waals surface area contributed by atoms with Crippen LogP contribution in [0, 0.1) is 5.92 Å². The lowest BCUT2D eigenvalue weighted by Gasteiger charge is -2.30. The molecule has 2 N–H and O–H groups in total. The zero-order valence-corrected chi connectivity index (χ0v) is 22.6. The standard InChI is InChI=1S/C28H35N5O6/c1-36-16-6-13-29-28(35)21-7-4-5-8-22(21)30-27(34)19-11-14-33(15-12-19)18-25-31-26(32-39-25)20-9-10-23(37-2)24(17-20)38-3/h4-5,7-10,17,19H,6,11-16,18H2,1-3H3,(H,29,35)(H,30,34). The first-order valence-corrected chi connectivity index (χ1v) is 13.0. The van der Waals surface area contributed by atoms with E-state index in [1.54, 1.807) is 57.7 Å². The molecule has 0 bridgehead atoms. The van der Waals surface area contributed by atoms with Gasteiger partial charge in [0.1, 0.15) is 0 Å². The zero-order valence-electron chi connectivity index (χ0n) is 22.6. The second-order valence-electron chi connectivity index (χ2n) is 9.27. The monoisotopic (exact) mass is 537 g/mol. The van der Waals surface area contributed by atoms with Crippen molar-refractivity contribution in [1.29, 1.82) is 0 Å². The quantitative estimate of drug-likeness (QED) is 0.334. The molecule has 4 rings (SSSR count). The number of methoxy groups -OCH3 is 3. The van der Waals surface area contributed by atoms with Crippen LogP contribution in [0.4, 0.5) is 5.69 Å². The molecule has 0 unspecified atom stereocenters. The van der Waals surface area contributed by atoms with E-state index in [1.165, 1.54) is 0 Å². The fourth-order valence-electron chi connectivity index (χ4n) is 4.49. The van der Waals surface area contributed by atoms with Crippen LogP contribution >= 0.6 is 0 Å². The Morgan fingerprint density at radius 1 is 1.05 bits per heavy atom. The Morgan fingerprint density at radius 2 is 1.82 bits per heavy atom. The molecule has 2 heterocycles. The highest BCUT2D eigenvalue weighted by atomic mass is 16.5. The smallest absolute Gasteiger partial charge is 0.253 e. The van der Waals surface area contributed by atoms with Crippen LogP contribution in [0.25, 0.3) is 11.4 Å². The SMILES string of the molecule is COCCCNC(=O)c1ccccc1NC(=O)C1CCN(Cc2nc(-c3ccc(OC)c(OC)c3)no2)CC1. The summed E-state index contributed by atoms with van der Waals surface area (Å²) >= 11 is 0. The molecule has 0 atom stereocenters. The van der Waals surface area contributed by atoms with E-state index in [0.717, 1.165) is 12.0 Å². The Kier molecular flexibility index (Phi) is 9.87. The fraction of sp³-hybridized carbons (Fsp3) is 0.429. The first kappa shape index (κ1) is 28.1. The van der Waals surface area contributed by atoms with Crippen molar-refractivity contribution in [2.45, 2.75) is 25.8 Å². The fourth-order valence-corrected chi connectivity index (χ4v) is 4.49. The summed E-state index contributed by atoms with van der Waals surface area (Å²) in [6.07, 6.45) is 2.10. The minimum absolute atomic E-state index is 0.0807. The largest absolute Gasteiger partial charge is 0.493 e. The number of piperidine rings is 1. The number of amides is 2. The predicted molar refractivity (Wildman–Crippen MR) is 145 cm³/mol. The molecule has 3 aromatic rings. The summed E-state index contributed by atoms with van der Waals surface area (Å²) in [6.45, 7) is 3.01. The van der Waals surface area contributed by atoms with Gasteiger partial charge in [0.25, 0.3) is 5.91 Å². The summed E-state index contributed by atoms with van der Waals surface area (Å²) in [4.78, 5) is 32.4. The molecule has 11 heteroatoms. The molecule has 1 aromatic heterocycles. The number of para-hydroxylation sites is 1. The summed E-state index contributed by atoms with van der Waals surface area (Å²) in [5.41, 5.74) is 1.73. The Morgan fingerprint density at radius 3 is 2.56 bits per heavy atom. The minimum Gasteiger partial charge on any atom is -0.493 e. The molecule has 0 radical (unpaired) electrons. The van der Waals surface area contributed by atoms with Gasteiger partial charge in [0.2, 0.25) is 17.6 Å². The van der Waals surface area contributed by atoms with Crippen LogP contribution in [0.15, 0.2) is 47.0 Å². The topological polar surface area (TPSA) is 128 Å². The summed E-state index contributed by atoms with van der Waals surface area (Å²) < 4.78 is 21.1. The van der Waals surface area contributed by atoms with Gasteiger partial charge >= 0.3 is 0 Å². The van der Waals surface area contributed by atoms with Crippen LogP contribution in [-0.4, -0.2) is 74.4 Å². The maximum atomic E-state index is 13.0.